The van der Waals surface area contributed by atoms with Gasteiger partial charge >= 0.3 is 0 Å². The molecule has 0 bridgehead atoms. The zero-order chi connectivity index (χ0) is 14.0. The molecule has 0 unspecified atom stereocenters. The molecule has 1 aromatic carbocycles. The first-order valence-corrected chi connectivity index (χ1v) is 6.77. The van der Waals surface area contributed by atoms with Crippen LogP contribution < -0.4 is 5.32 Å². The molecule has 100 valence electrons. The van der Waals surface area contributed by atoms with E-state index in [-0.39, 0.29) is 5.69 Å². The number of benzene rings is 1. The van der Waals surface area contributed by atoms with Gasteiger partial charge in [-0.25, -0.2) is 4.98 Å². The van der Waals surface area contributed by atoms with Gasteiger partial charge in [-0.2, -0.15) is 0 Å². The minimum absolute atomic E-state index is 0.0305. The molecule has 0 aliphatic carbocycles. The quantitative estimate of drug-likeness (QED) is 0.685. The van der Waals surface area contributed by atoms with Crippen molar-refractivity contribution in [2.24, 2.45) is 0 Å². The molecule has 0 aliphatic rings. The lowest BCUT2D eigenvalue weighted by Gasteiger charge is -2.06. The number of aryl methyl sites for hydroxylation is 2. The maximum absolute atomic E-state index is 10.9. The zero-order valence-corrected chi connectivity index (χ0v) is 12.0. The fourth-order valence-electron chi connectivity index (χ4n) is 1.72. The van der Waals surface area contributed by atoms with Crippen molar-refractivity contribution in [2.45, 2.75) is 20.4 Å². The van der Waals surface area contributed by atoms with Crippen LogP contribution in [-0.4, -0.2) is 9.91 Å². The third kappa shape index (κ3) is 3.21. The standard InChI is InChI=1S/C12H12ClN3O2S/c1-7-11(15-8(2)19-7)6-14-10-4-3-9(13)5-12(10)16(17)18/h3-5,14H,6H2,1-2H3. The molecule has 2 aromatic rings. The summed E-state index contributed by atoms with van der Waals surface area (Å²) in [5.74, 6) is 0. The maximum atomic E-state index is 10.9. The van der Waals surface area contributed by atoms with Crippen LogP contribution in [0.15, 0.2) is 18.2 Å². The van der Waals surface area contributed by atoms with Gasteiger partial charge in [-0.1, -0.05) is 11.6 Å². The maximum Gasteiger partial charge on any atom is 0.293 e. The molecule has 1 heterocycles. The topological polar surface area (TPSA) is 68.1 Å². The van der Waals surface area contributed by atoms with Crippen LogP contribution in [-0.2, 0) is 6.54 Å². The van der Waals surface area contributed by atoms with Crippen LogP contribution in [0.2, 0.25) is 5.02 Å². The van der Waals surface area contributed by atoms with Crippen LogP contribution in [0.25, 0.3) is 0 Å². The van der Waals surface area contributed by atoms with Crippen molar-refractivity contribution in [3.05, 3.63) is 48.9 Å². The largest absolute Gasteiger partial charge is 0.374 e. The Hall–Kier alpha value is -1.66. The molecular formula is C12H12ClN3O2S. The molecule has 19 heavy (non-hydrogen) atoms. The highest BCUT2D eigenvalue weighted by atomic mass is 35.5. The van der Waals surface area contributed by atoms with E-state index in [0.29, 0.717) is 17.3 Å². The highest BCUT2D eigenvalue weighted by Gasteiger charge is 2.14. The molecule has 1 N–H and O–H groups in total. The van der Waals surface area contributed by atoms with Crippen LogP contribution in [0.3, 0.4) is 0 Å². The van der Waals surface area contributed by atoms with Crippen LogP contribution in [0.4, 0.5) is 11.4 Å². The molecule has 2 rings (SSSR count). The molecular weight excluding hydrogens is 286 g/mol. The van der Waals surface area contributed by atoms with Gasteiger partial charge in [-0.05, 0) is 26.0 Å². The Labute approximate surface area is 119 Å². The highest BCUT2D eigenvalue weighted by molar-refractivity contribution is 7.11. The minimum Gasteiger partial charge on any atom is -0.374 e. The van der Waals surface area contributed by atoms with Crippen LogP contribution >= 0.6 is 22.9 Å². The normalized spacial score (nSPS) is 10.5. The van der Waals surface area contributed by atoms with E-state index >= 15 is 0 Å². The number of nitro groups is 1. The van der Waals surface area contributed by atoms with Gasteiger partial charge in [0.2, 0.25) is 0 Å². The van der Waals surface area contributed by atoms with Crippen molar-refractivity contribution >= 4 is 34.3 Å². The first-order chi connectivity index (χ1) is 8.97. The van der Waals surface area contributed by atoms with E-state index in [1.807, 2.05) is 13.8 Å². The average Bonchev–Trinajstić information content (AvgIpc) is 2.66. The molecule has 0 radical (unpaired) electrons. The summed E-state index contributed by atoms with van der Waals surface area (Å²) >= 11 is 7.37. The van der Waals surface area contributed by atoms with Crippen LogP contribution in [0.1, 0.15) is 15.6 Å². The Morgan fingerprint density at radius 1 is 1.47 bits per heavy atom. The van der Waals surface area contributed by atoms with E-state index in [1.165, 1.54) is 6.07 Å². The molecule has 7 heteroatoms. The number of hydrogen-bond acceptors (Lipinski definition) is 5. The minimum atomic E-state index is -0.451. The molecule has 0 saturated heterocycles. The van der Waals surface area contributed by atoms with Crippen LogP contribution in [0.5, 0.6) is 0 Å². The fraction of sp³-hybridized carbons (Fsp3) is 0.250. The lowest BCUT2D eigenvalue weighted by atomic mass is 10.2. The summed E-state index contributed by atoms with van der Waals surface area (Å²) < 4.78 is 0. The zero-order valence-electron chi connectivity index (χ0n) is 10.4. The van der Waals surface area contributed by atoms with Gasteiger partial charge < -0.3 is 5.32 Å². The third-order valence-electron chi connectivity index (χ3n) is 2.60. The highest BCUT2D eigenvalue weighted by Crippen LogP contribution is 2.28. The monoisotopic (exact) mass is 297 g/mol. The average molecular weight is 298 g/mol. The van der Waals surface area contributed by atoms with E-state index in [2.05, 4.69) is 10.3 Å². The summed E-state index contributed by atoms with van der Waals surface area (Å²) in [4.78, 5) is 16.0. The van der Waals surface area contributed by atoms with Gasteiger partial charge in [0.25, 0.3) is 5.69 Å². The lowest BCUT2D eigenvalue weighted by Crippen LogP contribution is -2.04. The predicted molar refractivity (Wildman–Crippen MR) is 77.0 cm³/mol. The Bertz CT molecular complexity index is 627. The molecule has 0 aliphatic heterocycles. The van der Waals surface area contributed by atoms with E-state index in [1.54, 1.807) is 23.5 Å². The molecule has 5 nitrogen and oxygen atoms in total. The van der Waals surface area contributed by atoms with Gasteiger partial charge in [-0.3, -0.25) is 10.1 Å². The second-order valence-electron chi connectivity index (χ2n) is 4.01. The molecule has 1 aromatic heterocycles. The van der Waals surface area contributed by atoms with Crippen LogP contribution in [0, 0.1) is 24.0 Å². The predicted octanol–water partition coefficient (Wildman–Crippen LogP) is 3.93. The fourth-order valence-corrected chi connectivity index (χ4v) is 2.72. The van der Waals surface area contributed by atoms with E-state index in [0.717, 1.165) is 15.6 Å². The summed E-state index contributed by atoms with van der Waals surface area (Å²) in [7, 11) is 0. The third-order valence-corrected chi connectivity index (χ3v) is 3.77. The van der Waals surface area contributed by atoms with Crippen molar-refractivity contribution in [1.29, 1.82) is 0 Å². The van der Waals surface area contributed by atoms with Gasteiger partial charge in [-0.15, -0.1) is 11.3 Å². The summed E-state index contributed by atoms with van der Waals surface area (Å²) in [6, 6.07) is 4.56. The number of thiazole rings is 1. The van der Waals surface area contributed by atoms with Gasteiger partial charge in [0, 0.05) is 16.0 Å². The van der Waals surface area contributed by atoms with Crippen molar-refractivity contribution in [3.63, 3.8) is 0 Å². The number of anilines is 1. The Morgan fingerprint density at radius 2 is 2.21 bits per heavy atom. The van der Waals surface area contributed by atoms with Crippen molar-refractivity contribution in [3.8, 4) is 0 Å². The van der Waals surface area contributed by atoms with E-state index < -0.39 is 4.92 Å². The summed E-state index contributed by atoms with van der Waals surface area (Å²) in [6.07, 6.45) is 0. The molecule has 0 saturated carbocycles. The molecule has 0 fully saturated rings. The van der Waals surface area contributed by atoms with Crippen molar-refractivity contribution in [2.75, 3.05) is 5.32 Å². The number of nitro benzene ring substituents is 1. The molecule has 0 amide bonds. The number of rotatable bonds is 4. The molecule has 0 atom stereocenters. The Morgan fingerprint density at radius 3 is 2.79 bits per heavy atom. The smallest absolute Gasteiger partial charge is 0.293 e. The second-order valence-corrected chi connectivity index (χ2v) is 5.85. The summed E-state index contributed by atoms with van der Waals surface area (Å²) in [5.41, 5.74) is 1.32. The van der Waals surface area contributed by atoms with E-state index in [9.17, 15) is 10.1 Å². The summed E-state index contributed by atoms with van der Waals surface area (Å²) in [5, 5.41) is 15.3. The van der Waals surface area contributed by atoms with Crippen molar-refractivity contribution < 1.29 is 4.92 Å². The van der Waals surface area contributed by atoms with E-state index in [4.69, 9.17) is 11.6 Å². The van der Waals surface area contributed by atoms with Crippen molar-refractivity contribution in [1.82, 2.24) is 4.98 Å². The van der Waals surface area contributed by atoms with Gasteiger partial charge in [0.15, 0.2) is 0 Å². The number of halogens is 1. The molecule has 0 spiro atoms. The summed E-state index contributed by atoms with van der Waals surface area (Å²) in [6.45, 7) is 4.38. The van der Waals surface area contributed by atoms with Gasteiger partial charge in [0.1, 0.15) is 5.69 Å². The number of nitrogens with one attached hydrogen (secondary N) is 1. The first-order valence-electron chi connectivity index (χ1n) is 5.58. The number of hydrogen-bond donors (Lipinski definition) is 1. The second kappa shape index (κ2) is 5.54. The number of aromatic nitrogens is 1. The first kappa shape index (κ1) is 13.8. The van der Waals surface area contributed by atoms with Gasteiger partial charge in [0.05, 0.1) is 22.2 Å². The SMILES string of the molecule is Cc1nc(CNc2ccc(Cl)cc2[N+](=O)[O-])c(C)s1. The Balaban J connectivity index is 2.20. The lowest BCUT2D eigenvalue weighted by molar-refractivity contribution is -0.383. The number of nitrogens with zero attached hydrogens (tertiary/aromatic N) is 2. The Kier molecular flexibility index (Phi) is 4.01.